The lowest BCUT2D eigenvalue weighted by Crippen LogP contribution is -2.11. The van der Waals surface area contributed by atoms with E-state index >= 15 is 0 Å². The molecule has 8 nitrogen and oxygen atoms in total. The van der Waals surface area contributed by atoms with Crippen molar-refractivity contribution in [2.24, 2.45) is 0 Å². The number of thiazole rings is 1. The smallest absolute Gasteiger partial charge is 0.269 e. The van der Waals surface area contributed by atoms with Crippen molar-refractivity contribution in [3.8, 4) is 22.1 Å². The second kappa shape index (κ2) is 8.44. The van der Waals surface area contributed by atoms with Crippen LogP contribution in [-0.4, -0.2) is 41.9 Å². The summed E-state index contributed by atoms with van der Waals surface area (Å²) in [6.45, 7) is 2.55. The molecule has 3 aromatic rings. The lowest BCUT2D eigenvalue weighted by Gasteiger charge is -2.08. The van der Waals surface area contributed by atoms with Gasteiger partial charge in [0, 0.05) is 12.2 Å². The normalized spacial score (nSPS) is 16.0. The molecule has 1 atom stereocenters. The Labute approximate surface area is 175 Å². The summed E-state index contributed by atoms with van der Waals surface area (Å²) in [6, 6.07) is 5.55. The Hall–Kier alpha value is -2.56. The molecule has 3 heterocycles. The Kier molecular flexibility index (Phi) is 5.74. The van der Waals surface area contributed by atoms with Crippen LogP contribution in [0.5, 0.6) is 11.5 Å². The summed E-state index contributed by atoms with van der Waals surface area (Å²) in [4.78, 5) is 17.8. The third kappa shape index (κ3) is 4.09. The van der Waals surface area contributed by atoms with Crippen molar-refractivity contribution in [1.29, 1.82) is 0 Å². The second-order valence-electron chi connectivity index (χ2n) is 6.40. The van der Waals surface area contributed by atoms with E-state index in [2.05, 4.69) is 20.5 Å². The third-order valence-corrected chi connectivity index (χ3v) is 6.64. The molecule has 29 heavy (non-hydrogen) atoms. The number of anilines is 1. The molecule has 1 aliphatic heterocycles. The maximum Gasteiger partial charge on any atom is 0.269 e. The Bertz CT molecular complexity index is 1030. The minimum Gasteiger partial charge on any atom is -0.493 e. The Balaban J connectivity index is 1.52. The van der Waals surface area contributed by atoms with Crippen molar-refractivity contribution < 1.29 is 19.0 Å². The molecule has 0 bridgehead atoms. The van der Waals surface area contributed by atoms with E-state index in [9.17, 15) is 4.79 Å². The Morgan fingerprint density at radius 1 is 1.21 bits per heavy atom. The van der Waals surface area contributed by atoms with Crippen LogP contribution in [-0.2, 0) is 4.74 Å². The number of benzene rings is 1. The molecule has 0 aliphatic carbocycles. The second-order valence-corrected chi connectivity index (χ2v) is 8.41. The zero-order valence-electron chi connectivity index (χ0n) is 16.2. The van der Waals surface area contributed by atoms with Gasteiger partial charge in [-0.15, -0.1) is 21.5 Å². The number of aromatic nitrogens is 3. The number of hydrogen-bond acceptors (Lipinski definition) is 9. The summed E-state index contributed by atoms with van der Waals surface area (Å²) in [5.41, 5.74) is 1.51. The van der Waals surface area contributed by atoms with E-state index in [0.717, 1.165) is 35.0 Å². The van der Waals surface area contributed by atoms with Gasteiger partial charge >= 0.3 is 0 Å². The van der Waals surface area contributed by atoms with E-state index in [1.165, 1.54) is 22.7 Å². The summed E-state index contributed by atoms with van der Waals surface area (Å²) < 4.78 is 16.2. The molecule has 1 aliphatic rings. The number of methoxy groups -OCH3 is 2. The number of carbonyl (C=O) groups is 1. The van der Waals surface area contributed by atoms with Crippen LogP contribution in [0.1, 0.15) is 39.3 Å². The summed E-state index contributed by atoms with van der Waals surface area (Å²) in [7, 11) is 3.17. The first-order chi connectivity index (χ1) is 14.1. The van der Waals surface area contributed by atoms with Gasteiger partial charge < -0.3 is 14.2 Å². The van der Waals surface area contributed by atoms with Gasteiger partial charge in [0.1, 0.15) is 21.0 Å². The van der Waals surface area contributed by atoms with Crippen LogP contribution in [0, 0.1) is 6.92 Å². The Morgan fingerprint density at radius 3 is 2.76 bits per heavy atom. The van der Waals surface area contributed by atoms with Gasteiger partial charge in [0.05, 0.1) is 19.9 Å². The van der Waals surface area contributed by atoms with Crippen molar-refractivity contribution in [3.05, 3.63) is 33.8 Å². The number of nitrogens with one attached hydrogen (secondary N) is 1. The topological polar surface area (TPSA) is 95.5 Å². The number of rotatable bonds is 6. The van der Waals surface area contributed by atoms with E-state index in [1.54, 1.807) is 14.2 Å². The fourth-order valence-electron chi connectivity index (χ4n) is 3.04. The van der Waals surface area contributed by atoms with Gasteiger partial charge in [-0.1, -0.05) is 11.3 Å². The first-order valence-electron chi connectivity index (χ1n) is 9.05. The average Bonchev–Trinajstić information content (AvgIpc) is 3.48. The first kappa shape index (κ1) is 19.7. The first-order valence-corrected chi connectivity index (χ1v) is 10.7. The average molecular weight is 433 g/mol. The standard InChI is InChI=1S/C19H20N4O4S2/c1-10-15(16(24)21-19-23-22-18(29-19)13-5-4-8-27-13)28-17(20-10)11-6-7-12(25-2)14(9-11)26-3/h6-7,9,13H,4-5,8H2,1-3H3,(H,21,23,24)/t13-/m0/s1. The molecular weight excluding hydrogens is 412 g/mol. The number of amides is 1. The highest BCUT2D eigenvalue weighted by molar-refractivity contribution is 7.17. The van der Waals surface area contributed by atoms with Gasteiger partial charge in [-0.25, -0.2) is 4.98 Å². The summed E-state index contributed by atoms with van der Waals surface area (Å²) in [5.74, 6) is 1.00. The van der Waals surface area contributed by atoms with Crippen molar-refractivity contribution in [2.75, 3.05) is 26.1 Å². The molecule has 10 heteroatoms. The molecule has 0 unspecified atom stereocenters. The highest BCUT2D eigenvalue weighted by Gasteiger charge is 2.23. The predicted octanol–water partition coefficient (Wildman–Crippen LogP) is 4.09. The van der Waals surface area contributed by atoms with Crippen LogP contribution >= 0.6 is 22.7 Å². The highest BCUT2D eigenvalue weighted by atomic mass is 32.1. The predicted molar refractivity (Wildman–Crippen MR) is 111 cm³/mol. The van der Waals surface area contributed by atoms with Crippen molar-refractivity contribution >= 4 is 33.7 Å². The largest absolute Gasteiger partial charge is 0.493 e. The molecule has 152 valence electrons. The van der Waals surface area contributed by atoms with Crippen LogP contribution in [0.3, 0.4) is 0 Å². The zero-order chi connectivity index (χ0) is 20.4. The Morgan fingerprint density at radius 2 is 2.03 bits per heavy atom. The number of carbonyl (C=O) groups excluding carboxylic acids is 1. The summed E-state index contributed by atoms with van der Waals surface area (Å²) in [5, 5.41) is 13.0. The van der Waals surface area contributed by atoms with E-state index in [0.29, 0.717) is 27.2 Å². The van der Waals surface area contributed by atoms with Gasteiger partial charge in [0.2, 0.25) is 5.13 Å². The van der Waals surface area contributed by atoms with Crippen molar-refractivity contribution in [1.82, 2.24) is 15.2 Å². The number of nitrogens with zero attached hydrogens (tertiary/aromatic N) is 3. The molecule has 2 aromatic heterocycles. The number of ether oxygens (including phenoxy) is 3. The van der Waals surface area contributed by atoms with Crippen LogP contribution in [0.2, 0.25) is 0 Å². The third-order valence-electron chi connectivity index (χ3n) is 4.50. The fraction of sp³-hybridized carbons (Fsp3) is 0.368. The molecule has 1 aromatic carbocycles. The quantitative estimate of drug-likeness (QED) is 0.627. The number of hydrogen-bond donors (Lipinski definition) is 1. The van der Waals surface area contributed by atoms with Crippen LogP contribution in [0.15, 0.2) is 18.2 Å². The van der Waals surface area contributed by atoms with Crippen molar-refractivity contribution in [3.63, 3.8) is 0 Å². The van der Waals surface area contributed by atoms with Gasteiger partial charge in [-0.2, -0.15) is 0 Å². The molecular formula is C19H20N4O4S2. The maximum atomic E-state index is 12.8. The molecule has 1 N–H and O–H groups in total. The van der Waals surface area contributed by atoms with Crippen LogP contribution in [0.4, 0.5) is 5.13 Å². The SMILES string of the molecule is COc1ccc(-c2nc(C)c(C(=O)Nc3nnc([C@@H]4CCCO4)s3)s2)cc1OC. The lowest BCUT2D eigenvalue weighted by molar-refractivity contribution is 0.102. The maximum absolute atomic E-state index is 12.8. The van der Waals surface area contributed by atoms with E-state index in [-0.39, 0.29) is 12.0 Å². The zero-order valence-corrected chi connectivity index (χ0v) is 17.9. The molecule has 1 saturated heterocycles. The lowest BCUT2D eigenvalue weighted by atomic mass is 10.2. The highest BCUT2D eigenvalue weighted by Crippen LogP contribution is 2.36. The van der Waals surface area contributed by atoms with Crippen molar-refractivity contribution in [2.45, 2.75) is 25.9 Å². The van der Waals surface area contributed by atoms with Crippen LogP contribution < -0.4 is 14.8 Å². The number of aryl methyl sites for hydroxylation is 1. The summed E-state index contributed by atoms with van der Waals surface area (Å²) >= 11 is 2.66. The monoisotopic (exact) mass is 432 g/mol. The minimum absolute atomic E-state index is 0.0139. The van der Waals surface area contributed by atoms with Gasteiger partial charge in [0.15, 0.2) is 11.5 Å². The van der Waals surface area contributed by atoms with Gasteiger partial charge in [0.25, 0.3) is 5.91 Å². The van der Waals surface area contributed by atoms with Gasteiger partial charge in [-0.05, 0) is 38.0 Å². The molecule has 1 amide bonds. The molecule has 0 saturated carbocycles. The molecule has 0 radical (unpaired) electrons. The minimum atomic E-state index is -0.248. The molecule has 1 fully saturated rings. The van der Waals surface area contributed by atoms with Crippen LogP contribution in [0.25, 0.3) is 10.6 Å². The molecule has 4 rings (SSSR count). The van der Waals surface area contributed by atoms with Gasteiger partial charge in [-0.3, -0.25) is 10.1 Å². The van der Waals surface area contributed by atoms with E-state index < -0.39 is 0 Å². The molecule has 0 spiro atoms. The summed E-state index contributed by atoms with van der Waals surface area (Å²) in [6.07, 6.45) is 1.94. The van der Waals surface area contributed by atoms with E-state index in [4.69, 9.17) is 14.2 Å². The fourth-order valence-corrected chi connectivity index (χ4v) is 4.82. The van der Waals surface area contributed by atoms with E-state index in [1.807, 2.05) is 25.1 Å².